The Morgan fingerprint density at radius 3 is 1.53 bits per heavy atom. The smallest absolute Gasteiger partial charge is 0.160 e. The molecule has 0 radical (unpaired) electrons. The van der Waals surface area contributed by atoms with Crippen molar-refractivity contribution >= 4 is 0 Å². The Hall–Kier alpha value is -0.200. The van der Waals surface area contributed by atoms with Gasteiger partial charge in [0.15, 0.2) is 12.6 Å². The van der Waals surface area contributed by atoms with Crippen LogP contribution in [0.1, 0.15) is 39.5 Å². The van der Waals surface area contributed by atoms with Gasteiger partial charge in [-0.15, -0.1) is 0 Å². The van der Waals surface area contributed by atoms with Crippen LogP contribution >= 0.6 is 0 Å². The lowest BCUT2D eigenvalue weighted by Crippen LogP contribution is -2.28. The number of hydrogen-bond donors (Lipinski definition) is 2. The highest BCUT2D eigenvalue weighted by molar-refractivity contribution is 4.50. The van der Waals surface area contributed by atoms with Gasteiger partial charge in [0.25, 0.3) is 0 Å². The number of hydrogen-bond acceptors (Lipinski definition) is 5. The Balaban J connectivity index is 4.02. The van der Waals surface area contributed by atoms with Crippen molar-refractivity contribution < 1.29 is 24.4 Å². The summed E-state index contributed by atoms with van der Waals surface area (Å²) in [6, 6.07) is 0. The number of ether oxygens (including phenoxy) is 3. The lowest BCUT2D eigenvalue weighted by atomic mass is 10.3. The van der Waals surface area contributed by atoms with E-state index in [1.54, 1.807) is 0 Å². The van der Waals surface area contributed by atoms with Crippen molar-refractivity contribution in [2.45, 2.75) is 52.1 Å². The van der Waals surface area contributed by atoms with Gasteiger partial charge in [-0.1, -0.05) is 26.7 Å². The summed E-state index contributed by atoms with van der Waals surface area (Å²) in [5.74, 6) is 0. The fraction of sp³-hybridized carbons (Fsp3) is 1.00. The van der Waals surface area contributed by atoms with Gasteiger partial charge >= 0.3 is 0 Å². The Morgan fingerprint density at radius 2 is 1.24 bits per heavy atom. The van der Waals surface area contributed by atoms with Gasteiger partial charge in [0, 0.05) is 0 Å². The van der Waals surface area contributed by atoms with E-state index >= 15 is 0 Å². The first kappa shape index (κ1) is 16.8. The maximum atomic E-state index is 8.72. The zero-order valence-electron chi connectivity index (χ0n) is 10.9. The summed E-state index contributed by atoms with van der Waals surface area (Å²) in [4.78, 5) is 0. The Kier molecular flexibility index (Phi) is 12.1. The van der Waals surface area contributed by atoms with E-state index in [4.69, 9.17) is 24.4 Å². The molecule has 0 spiro atoms. The van der Waals surface area contributed by atoms with Crippen LogP contribution in [0.15, 0.2) is 0 Å². The van der Waals surface area contributed by atoms with Gasteiger partial charge in [-0.25, -0.2) is 0 Å². The molecule has 0 aromatic heterocycles. The largest absolute Gasteiger partial charge is 0.394 e. The summed E-state index contributed by atoms with van der Waals surface area (Å²) in [5, 5.41) is 17.4. The summed E-state index contributed by atoms with van der Waals surface area (Å²) in [6.07, 6.45) is 2.72. The fourth-order valence-corrected chi connectivity index (χ4v) is 1.39. The quantitative estimate of drug-likeness (QED) is 0.511. The maximum Gasteiger partial charge on any atom is 0.160 e. The molecule has 2 N–H and O–H groups in total. The molecule has 0 aromatic rings. The number of aliphatic hydroxyl groups excluding tert-OH is 2. The van der Waals surface area contributed by atoms with Gasteiger partial charge in [-0.2, -0.15) is 0 Å². The zero-order valence-corrected chi connectivity index (χ0v) is 10.9. The van der Waals surface area contributed by atoms with Crippen LogP contribution in [0.25, 0.3) is 0 Å². The molecule has 5 heteroatoms. The maximum absolute atomic E-state index is 8.72. The van der Waals surface area contributed by atoms with Crippen LogP contribution in [0.2, 0.25) is 0 Å². The molecule has 0 saturated heterocycles. The molecule has 17 heavy (non-hydrogen) atoms. The first-order valence-electron chi connectivity index (χ1n) is 6.38. The first-order valence-corrected chi connectivity index (χ1v) is 6.38. The molecule has 0 aliphatic rings. The average Bonchev–Trinajstić information content (AvgIpc) is 2.33. The molecule has 0 amide bonds. The van der Waals surface area contributed by atoms with Crippen LogP contribution < -0.4 is 0 Å². The van der Waals surface area contributed by atoms with E-state index in [1.165, 1.54) is 0 Å². The van der Waals surface area contributed by atoms with Gasteiger partial charge in [-0.05, 0) is 12.8 Å². The van der Waals surface area contributed by atoms with Crippen molar-refractivity contribution in [3.63, 3.8) is 0 Å². The molecule has 0 aliphatic carbocycles. The molecule has 0 bridgehead atoms. The molecule has 0 saturated carbocycles. The van der Waals surface area contributed by atoms with E-state index in [0.717, 1.165) is 25.7 Å². The Labute approximate surface area is 104 Å². The summed E-state index contributed by atoms with van der Waals surface area (Å²) in [6.45, 7) is 4.59. The van der Waals surface area contributed by atoms with E-state index in [0.29, 0.717) is 0 Å². The molecule has 0 heterocycles. The second-order valence-corrected chi connectivity index (χ2v) is 3.76. The SMILES string of the molecule is CCCC(OCCO)OC(CCC)OCCO. The molecule has 0 fully saturated rings. The van der Waals surface area contributed by atoms with E-state index < -0.39 is 0 Å². The number of rotatable bonds is 12. The van der Waals surface area contributed by atoms with Crippen molar-refractivity contribution in [2.75, 3.05) is 26.4 Å². The molecule has 104 valence electrons. The standard InChI is InChI=1S/C12H26O5/c1-3-5-11(15-9-7-13)17-12(6-4-2)16-10-8-14/h11-14H,3-10H2,1-2H3. The van der Waals surface area contributed by atoms with Crippen LogP contribution in [0, 0.1) is 0 Å². The van der Waals surface area contributed by atoms with Crippen LogP contribution in [0.5, 0.6) is 0 Å². The van der Waals surface area contributed by atoms with E-state index in [2.05, 4.69) is 0 Å². The highest BCUT2D eigenvalue weighted by Gasteiger charge is 2.16. The van der Waals surface area contributed by atoms with Crippen molar-refractivity contribution in [2.24, 2.45) is 0 Å². The third-order valence-corrected chi connectivity index (χ3v) is 2.14. The molecule has 2 atom stereocenters. The van der Waals surface area contributed by atoms with Crippen molar-refractivity contribution in [3.05, 3.63) is 0 Å². The monoisotopic (exact) mass is 250 g/mol. The third kappa shape index (κ3) is 9.50. The van der Waals surface area contributed by atoms with Gasteiger partial charge in [-0.3, -0.25) is 0 Å². The van der Waals surface area contributed by atoms with E-state index in [9.17, 15) is 0 Å². The summed E-state index contributed by atoms with van der Waals surface area (Å²) < 4.78 is 16.4. The summed E-state index contributed by atoms with van der Waals surface area (Å²) in [7, 11) is 0. The highest BCUT2D eigenvalue weighted by atomic mass is 16.8. The fourth-order valence-electron chi connectivity index (χ4n) is 1.39. The van der Waals surface area contributed by atoms with E-state index in [-0.39, 0.29) is 39.0 Å². The van der Waals surface area contributed by atoms with Crippen LogP contribution in [-0.2, 0) is 14.2 Å². The van der Waals surface area contributed by atoms with Crippen molar-refractivity contribution in [3.8, 4) is 0 Å². The first-order chi connectivity index (χ1) is 8.28. The van der Waals surface area contributed by atoms with Crippen LogP contribution in [-0.4, -0.2) is 49.2 Å². The molecular weight excluding hydrogens is 224 g/mol. The Bertz CT molecular complexity index is 138. The second-order valence-electron chi connectivity index (χ2n) is 3.76. The predicted molar refractivity (Wildman–Crippen MR) is 64.6 cm³/mol. The molecule has 2 unspecified atom stereocenters. The summed E-state index contributed by atoms with van der Waals surface area (Å²) >= 11 is 0. The minimum absolute atomic E-state index is 0.0144. The zero-order chi connectivity index (χ0) is 12.9. The van der Waals surface area contributed by atoms with Crippen LogP contribution in [0.4, 0.5) is 0 Å². The molecule has 0 aromatic carbocycles. The van der Waals surface area contributed by atoms with Gasteiger partial charge in [0.2, 0.25) is 0 Å². The highest BCUT2D eigenvalue weighted by Crippen LogP contribution is 2.12. The van der Waals surface area contributed by atoms with E-state index in [1.807, 2.05) is 13.8 Å². The Morgan fingerprint density at radius 1 is 0.824 bits per heavy atom. The van der Waals surface area contributed by atoms with Crippen molar-refractivity contribution in [1.29, 1.82) is 0 Å². The van der Waals surface area contributed by atoms with Crippen molar-refractivity contribution in [1.82, 2.24) is 0 Å². The lowest BCUT2D eigenvalue weighted by Gasteiger charge is -2.24. The average molecular weight is 250 g/mol. The normalized spacial score (nSPS) is 14.8. The van der Waals surface area contributed by atoms with Crippen LogP contribution in [0.3, 0.4) is 0 Å². The molecule has 0 aliphatic heterocycles. The number of aliphatic hydroxyl groups is 2. The second kappa shape index (κ2) is 12.3. The van der Waals surface area contributed by atoms with Gasteiger partial charge in [0.05, 0.1) is 26.4 Å². The lowest BCUT2D eigenvalue weighted by molar-refractivity contribution is -0.252. The molecule has 0 rings (SSSR count). The molecule has 5 nitrogen and oxygen atoms in total. The summed E-state index contributed by atoms with van der Waals surface area (Å²) in [5.41, 5.74) is 0. The molecular formula is C12H26O5. The van der Waals surface area contributed by atoms with Gasteiger partial charge < -0.3 is 24.4 Å². The third-order valence-electron chi connectivity index (χ3n) is 2.14. The predicted octanol–water partition coefficient (Wildman–Crippen LogP) is 1.27. The topological polar surface area (TPSA) is 68.2 Å². The minimum atomic E-state index is -0.345. The van der Waals surface area contributed by atoms with Gasteiger partial charge in [0.1, 0.15) is 0 Å². The minimum Gasteiger partial charge on any atom is -0.394 e.